The molecule has 2 aliphatic rings. The van der Waals surface area contributed by atoms with Crippen LogP contribution in [-0.2, 0) is 5.41 Å². The van der Waals surface area contributed by atoms with Crippen molar-refractivity contribution in [2.45, 2.75) is 32.1 Å². The number of hydrogen-bond acceptors (Lipinski definition) is 2. The molecule has 0 aliphatic heterocycles. The Morgan fingerprint density at radius 3 is 2.52 bits per heavy atom. The predicted octanol–water partition coefficient (Wildman–Crippen LogP) is 4.74. The van der Waals surface area contributed by atoms with E-state index in [9.17, 15) is 4.79 Å². The molecule has 4 rings (SSSR count). The van der Waals surface area contributed by atoms with Crippen LogP contribution in [0.15, 0.2) is 48.0 Å². The fourth-order valence-corrected chi connectivity index (χ4v) is 4.43. The Kier molecular flexibility index (Phi) is 2.84. The van der Waals surface area contributed by atoms with E-state index in [-0.39, 0.29) is 17.1 Å². The number of Topliss-reactive ketones (excluding diaryl/α,β-unsaturated/α-hetero) is 1. The molecular formula is C21H20O2. The van der Waals surface area contributed by atoms with Crippen LogP contribution in [-0.4, -0.2) is 12.9 Å². The first-order chi connectivity index (χ1) is 11.0. The molecule has 0 N–H and O–H groups in total. The van der Waals surface area contributed by atoms with Gasteiger partial charge in [-0.1, -0.05) is 42.8 Å². The molecule has 2 nitrogen and oxygen atoms in total. The number of ether oxygens (including phenoxy) is 1. The fraction of sp³-hybridized carbons (Fsp3) is 0.286. The fourth-order valence-electron chi connectivity index (χ4n) is 4.43. The molecule has 2 aromatic carbocycles. The predicted molar refractivity (Wildman–Crippen MR) is 92.1 cm³/mol. The zero-order chi connectivity index (χ0) is 16.4. The van der Waals surface area contributed by atoms with Gasteiger partial charge in [0.2, 0.25) is 0 Å². The molecule has 0 amide bonds. The smallest absolute Gasteiger partial charge is 0.171 e. The largest absolute Gasteiger partial charge is 0.497 e. The summed E-state index contributed by atoms with van der Waals surface area (Å²) in [5.41, 5.74) is 6.60. The first-order valence-corrected chi connectivity index (χ1v) is 8.00. The summed E-state index contributed by atoms with van der Waals surface area (Å²) in [6, 6.07) is 14.2. The Hall–Kier alpha value is -2.35. The third kappa shape index (κ3) is 1.61. The van der Waals surface area contributed by atoms with Gasteiger partial charge < -0.3 is 4.74 Å². The summed E-state index contributed by atoms with van der Waals surface area (Å²) >= 11 is 0. The molecule has 2 heteroatoms. The number of allylic oxidation sites excluding steroid dienone is 2. The molecule has 0 bridgehead atoms. The van der Waals surface area contributed by atoms with Gasteiger partial charge in [0.25, 0.3) is 0 Å². The van der Waals surface area contributed by atoms with E-state index in [0.717, 1.165) is 22.4 Å². The Bertz CT molecular complexity index is 875. The molecule has 2 atom stereocenters. The van der Waals surface area contributed by atoms with Gasteiger partial charge in [0.05, 0.1) is 13.0 Å². The van der Waals surface area contributed by atoms with Crippen molar-refractivity contribution in [1.82, 2.24) is 0 Å². The molecule has 0 saturated carbocycles. The molecule has 2 aliphatic carbocycles. The Morgan fingerprint density at radius 2 is 1.78 bits per heavy atom. The summed E-state index contributed by atoms with van der Waals surface area (Å²) in [4.78, 5) is 13.2. The second kappa shape index (κ2) is 4.58. The minimum atomic E-state index is -0.267. The highest BCUT2D eigenvalue weighted by Crippen LogP contribution is 2.58. The van der Waals surface area contributed by atoms with E-state index in [4.69, 9.17) is 4.74 Å². The second-order valence-corrected chi connectivity index (χ2v) is 6.75. The maximum absolute atomic E-state index is 13.2. The van der Waals surface area contributed by atoms with E-state index in [1.165, 1.54) is 16.7 Å². The van der Waals surface area contributed by atoms with Crippen LogP contribution in [0, 0.1) is 0 Å². The lowest BCUT2D eigenvalue weighted by Crippen LogP contribution is -2.34. The van der Waals surface area contributed by atoms with Crippen LogP contribution in [0.4, 0.5) is 0 Å². The van der Waals surface area contributed by atoms with E-state index in [1.54, 1.807) is 7.11 Å². The number of carbonyl (C=O) groups is 1. The van der Waals surface area contributed by atoms with Crippen molar-refractivity contribution < 1.29 is 9.53 Å². The van der Waals surface area contributed by atoms with Gasteiger partial charge in [-0.05, 0) is 48.2 Å². The number of fused-ring (bicyclic) bond motifs is 5. The topological polar surface area (TPSA) is 26.3 Å². The Balaban J connectivity index is 2.06. The van der Waals surface area contributed by atoms with Gasteiger partial charge in [0.15, 0.2) is 5.78 Å². The zero-order valence-electron chi connectivity index (χ0n) is 13.9. The SMILES string of the molecule is COc1ccc2c(c1)C(=O)[C@H]1c3ccccc3C(C)=C(C)[C@@]21C. The van der Waals surface area contributed by atoms with Crippen LogP contribution in [0.5, 0.6) is 5.75 Å². The third-order valence-electron chi connectivity index (χ3n) is 5.91. The Labute approximate surface area is 136 Å². The summed E-state index contributed by atoms with van der Waals surface area (Å²) in [5.74, 6) is 0.816. The van der Waals surface area contributed by atoms with Gasteiger partial charge in [0, 0.05) is 11.0 Å². The maximum Gasteiger partial charge on any atom is 0.171 e. The molecule has 0 fully saturated rings. The normalized spacial score (nSPS) is 25.0. The Morgan fingerprint density at radius 1 is 1.04 bits per heavy atom. The first kappa shape index (κ1) is 14.3. The maximum atomic E-state index is 13.2. The summed E-state index contributed by atoms with van der Waals surface area (Å²) in [6.07, 6.45) is 0. The number of benzene rings is 2. The lowest BCUT2D eigenvalue weighted by atomic mass is 9.62. The molecule has 0 saturated heterocycles. The van der Waals surface area contributed by atoms with Gasteiger partial charge in [-0.25, -0.2) is 0 Å². The van der Waals surface area contributed by atoms with Crippen molar-refractivity contribution in [3.05, 3.63) is 70.3 Å². The van der Waals surface area contributed by atoms with Crippen LogP contribution in [0.3, 0.4) is 0 Å². The first-order valence-electron chi connectivity index (χ1n) is 8.00. The molecule has 23 heavy (non-hydrogen) atoms. The molecular weight excluding hydrogens is 284 g/mol. The average molecular weight is 304 g/mol. The highest BCUT2D eigenvalue weighted by molar-refractivity contribution is 6.10. The van der Waals surface area contributed by atoms with Crippen molar-refractivity contribution in [2.24, 2.45) is 0 Å². The van der Waals surface area contributed by atoms with Crippen LogP contribution < -0.4 is 4.74 Å². The minimum absolute atomic E-state index is 0.135. The van der Waals surface area contributed by atoms with Crippen LogP contribution in [0.1, 0.15) is 53.7 Å². The zero-order valence-corrected chi connectivity index (χ0v) is 13.9. The molecule has 0 heterocycles. The molecule has 0 unspecified atom stereocenters. The second-order valence-electron chi connectivity index (χ2n) is 6.75. The van der Waals surface area contributed by atoms with Crippen molar-refractivity contribution in [3.8, 4) is 5.75 Å². The molecule has 0 aromatic heterocycles. The molecule has 2 aromatic rings. The van der Waals surface area contributed by atoms with Crippen LogP contribution in [0.25, 0.3) is 5.57 Å². The van der Waals surface area contributed by atoms with E-state index in [2.05, 4.69) is 39.0 Å². The van der Waals surface area contributed by atoms with Crippen LogP contribution in [0.2, 0.25) is 0 Å². The monoisotopic (exact) mass is 304 g/mol. The average Bonchev–Trinajstić information content (AvgIpc) is 2.81. The quantitative estimate of drug-likeness (QED) is 0.760. The van der Waals surface area contributed by atoms with Crippen molar-refractivity contribution in [2.75, 3.05) is 7.11 Å². The lowest BCUT2D eigenvalue weighted by Gasteiger charge is -2.39. The van der Waals surface area contributed by atoms with Crippen molar-refractivity contribution >= 4 is 11.4 Å². The van der Waals surface area contributed by atoms with Gasteiger partial charge in [-0.3, -0.25) is 4.79 Å². The number of ketones is 1. The summed E-state index contributed by atoms with van der Waals surface area (Å²) in [5, 5.41) is 0. The number of carbonyl (C=O) groups excluding carboxylic acids is 1. The van der Waals surface area contributed by atoms with Crippen LogP contribution >= 0.6 is 0 Å². The highest BCUT2D eigenvalue weighted by Gasteiger charge is 2.53. The van der Waals surface area contributed by atoms with Gasteiger partial charge in [0.1, 0.15) is 5.75 Å². The standard InChI is InChI=1S/C21H20O2/c1-12-13(2)21(3)18-10-9-14(23-4)11-17(18)20(22)19(21)16-8-6-5-7-15(12)16/h5-11,19H,1-4H3/t19-,21+/m1/s1. The van der Waals surface area contributed by atoms with E-state index < -0.39 is 0 Å². The summed E-state index contributed by atoms with van der Waals surface area (Å²) in [7, 11) is 1.64. The number of hydrogen-bond donors (Lipinski definition) is 0. The number of rotatable bonds is 1. The van der Waals surface area contributed by atoms with Crippen molar-refractivity contribution in [3.63, 3.8) is 0 Å². The van der Waals surface area contributed by atoms with Gasteiger partial charge >= 0.3 is 0 Å². The van der Waals surface area contributed by atoms with E-state index in [1.807, 2.05) is 24.3 Å². The summed E-state index contributed by atoms with van der Waals surface area (Å²) < 4.78 is 5.33. The number of methoxy groups -OCH3 is 1. The lowest BCUT2D eigenvalue weighted by molar-refractivity contribution is 0.0952. The van der Waals surface area contributed by atoms with Crippen molar-refractivity contribution in [1.29, 1.82) is 0 Å². The molecule has 0 radical (unpaired) electrons. The summed E-state index contributed by atoms with van der Waals surface area (Å²) in [6.45, 7) is 6.55. The van der Waals surface area contributed by atoms with E-state index >= 15 is 0 Å². The van der Waals surface area contributed by atoms with Gasteiger partial charge in [-0.15, -0.1) is 0 Å². The van der Waals surface area contributed by atoms with Gasteiger partial charge in [-0.2, -0.15) is 0 Å². The minimum Gasteiger partial charge on any atom is -0.497 e. The highest BCUT2D eigenvalue weighted by atomic mass is 16.5. The molecule has 0 spiro atoms. The molecule has 116 valence electrons. The third-order valence-corrected chi connectivity index (χ3v) is 5.91. The van der Waals surface area contributed by atoms with E-state index in [0.29, 0.717) is 0 Å².